The number of rotatable bonds is 7. The van der Waals surface area contributed by atoms with E-state index in [4.69, 9.17) is 17.8 Å². The first-order valence-corrected chi connectivity index (χ1v) is 9.30. The van der Waals surface area contributed by atoms with Gasteiger partial charge >= 0.3 is 10.4 Å². The van der Waals surface area contributed by atoms with Crippen LogP contribution in [-0.2, 0) is 41.5 Å². The van der Waals surface area contributed by atoms with Gasteiger partial charge in [0.25, 0.3) is 0 Å². The minimum Gasteiger partial charge on any atom is -0.374 e. The van der Waals surface area contributed by atoms with Crippen molar-refractivity contribution in [2.24, 2.45) is 0 Å². The van der Waals surface area contributed by atoms with Crippen LogP contribution >= 0.6 is 0 Å². The Kier molecular flexibility index (Phi) is 6.17. The van der Waals surface area contributed by atoms with E-state index >= 15 is 0 Å². The van der Waals surface area contributed by atoms with Gasteiger partial charge in [0.2, 0.25) is 0 Å². The van der Waals surface area contributed by atoms with E-state index in [1.54, 1.807) is 0 Å². The molecule has 0 saturated carbocycles. The zero-order valence-electron chi connectivity index (χ0n) is 13.6. The second-order valence-corrected chi connectivity index (χ2v) is 6.91. The maximum atomic E-state index is 11.6. The van der Waals surface area contributed by atoms with Crippen LogP contribution < -0.4 is 0 Å². The van der Waals surface area contributed by atoms with Crippen LogP contribution in [0, 0.1) is 0 Å². The molecule has 1 aliphatic rings. The van der Waals surface area contributed by atoms with Gasteiger partial charge < -0.3 is 9.47 Å². The SMILES string of the molecule is O=S1(=O)OCC(OCc2ccccc2)C(COCc2ccccc2)O1. The van der Waals surface area contributed by atoms with Crippen molar-refractivity contribution in [1.29, 1.82) is 0 Å². The monoisotopic (exact) mass is 364 g/mol. The van der Waals surface area contributed by atoms with Crippen LogP contribution in [0.5, 0.6) is 0 Å². The van der Waals surface area contributed by atoms with E-state index in [0.717, 1.165) is 11.1 Å². The highest BCUT2D eigenvalue weighted by Gasteiger charge is 2.36. The third-order valence-electron chi connectivity index (χ3n) is 3.73. The summed E-state index contributed by atoms with van der Waals surface area (Å²) in [5, 5.41) is 0. The van der Waals surface area contributed by atoms with Crippen molar-refractivity contribution in [2.45, 2.75) is 25.4 Å². The molecule has 0 radical (unpaired) electrons. The Hall–Kier alpha value is -1.77. The van der Waals surface area contributed by atoms with E-state index in [9.17, 15) is 8.42 Å². The summed E-state index contributed by atoms with van der Waals surface area (Å²) in [6.45, 7) is 0.714. The Bertz CT molecular complexity index is 748. The first kappa shape index (κ1) is 18.0. The number of hydrogen-bond acceptors (Lipinski definition) is 6. The fourth-order valence-corrected chi connectivity index (χ4v) is 3.27. The highest BCUT2D eigenvalue weighted by Crippen LogP contribution is 2.19. The van der Waals surface area contributed by atoms with Crippen molar-refractivity contribution < 1.29 is 26.3 Å². The molecule has 25 heavy (non-hydrogen) atoms. The molecule has 0 aliphatic carbocycles. The molecule has 1 fully saturated rings. The standard InChI is InChI=1S/C18H20O6S/c19-25(20)23-14-17(22-12-16-9-5-2-6-10-16)18(24-25)13-21-11-15-7-3-1-4-8-15/h1-10,17-18H,11-14H2. The van der Waals surface area contributed by atoms with E-state index < -0.39 is 22.6 Å². The molecule has 2 atom stereocenters. The Labute approximate surface area is 147 Å². The molecular formula is C18H20O6S. The van der Waals surface area contributed by atoms with Gasteiger partial charge in [-0.2, -0.15) is 8.42 Å². The molecule has 0 spiro atoms. The predicted molar refractivity (Wildman–Crippen MR) is 90.9 cm³/mol. The van der Waals surface area contributed by atoms with Gasteiger partial charge in [-0.15, -0.1) is 0 Å². The number of benzene rings is 2. The van der Waals surface area contributed by atoms with E-state index in [1.165, 1.54) is 0 Å². The van der Waals surface area contributed by atoms with E-state index in [0.29, 0.717) is 13.2 Å². The summed E-state index contributed by atoms with van der Waals surface area (Å²) in [6.07, 6.45) is -1.27. The number of hydrogen-bond donors (Lipinski definition) is 0. The maximum Gasteiger partial charge on any atom is 0.400 e. The summed E-state index contributed by atoms with van der Waals surface area (Å²) < 4.78 is 44.3. The van der Waals surface area contributed by atoms with Crippen LogP contribution in [0.1, 0.15) is 11.1 Å². The van der Waals surface area contributed by atoms with Gasteiger partial charge in [-0.05, 0) is 11.1 Å². The first-order valence-electron chi connectivity index (χ1n) is 7.97. The molecule has 1 heterocycles. The van der Waals surface area contributed by atoms with Gasteiger partial charge in [-0.1, -0.05) is 60.7 Å². The van der Waals surface area contributed by atoms with Crippen LogP contribution in [0.2, 0.25) is 0 Å². The minimum atomic E-state index is -4.00. The summed E-state index contributed by atoms with van der Waals surface area (Å²) in [6, 6.07) is 19.2. The largest absolute Gasteiger partial charge is 0.400 e. The highest BCUT2D eigenvalue weighted by atomic mass is 32.3. The lowest BCUT2D eigenvalue weighted by molar-refractivity contribution is -0.107. The fraction of sp³-hybridized carbons (Fsp3) is 0.333. The molecule has 1 aliphatic heterocycles. The zero-order chi connectivity index (χ0) is 17.5. The molecule has 3 rings (SSSR count). The normalized spacial score (nSPS) is 22.6. The third-order valence-corrected chi connectivity index (χ3v) is 4.64. The molecular weight excluding hydrogens is 344 g/mol. The first-order chi connectivity index (χ1) is 12.1. The molecule has 2 aromatic carbocycles. The van der Waals surface area contributed by atoms with Crippen molar-refractivity contribution in [3.8, 4) is 0 Å². The second-order valence-electron chi connectivity index (χ2n) is 5.66. The van der Waals surface area contributed by atoms with Gasteiger partial charge in [0.1, 0.15) is 12.2 Å². The topological polar surface area (TPSA) is 71.1 Å². The lowest BCUT2D eigenvalue weighted by atomic mass is 10.2. The average Bonchev–Trinajstić information content (AvgIpc) is 2.62. The quantitative estimate of drug-likeness (QED) is 0.752. The van der Waals surface area contributed by atoms with Crippen molar-refractivity contribution in [3.05, 3.63) is 71.8 Å². The van der Waals surface area contributed by atoms with Crippen LogP contribution in [0.4, 0.5) is 0 Å². The van der Waals surface area contributed by atoms with E-state index in [1.807, 2.05) is 60.7 Å². The van der Waals surface area contributed by atoms with Gasteiger partial charge in [-0.25, -0.2) is 8.37 Å². The van der Waals surface area contributed by atoms with Crippen LogP contribution in [-0.4, -0.2) is 33.8 Å². The Morgan fingerprint density at radius 2 is 1.52 bits per heavy atom. The molecule has 0 bridgehead atoms. The van der Waals surface area contributed by atoms with Crippen molar-refractivity contribution in [1.82, 2.24) is 0 Å². The van der Waals surface area contributed by atoms with Crippen LogP contribution in [0.3, 0.4) is 0 Å². The summed E-state index contributed by atoms with van der Waals surface area (Å²) in [5.41, 5.74) is 1.99. The molecule has 2 unspecified atom stereocenters. The lowest BCUT2D eigenvalue weighted by Crippen LogP contribution is -2.45. The summed E-state index contributed by atoms with van der Waals surface area (Å²) in [5.74, 6) is 0. The van der Waals surface area contributed by atoms with Gasteiger partial charge in [0.05, 0.1) is 26.4 Å². The minimum absolute atomic E-state index is 0.0888. The maximum absolute atomic E-state index is 11.6. The third kappa shape index (κ3) is 5.62. The molecule has 1 saturated heterocycles. The van der Waals surface area contributed by atoms with Gasteiger partial charge in [0, 0.05) is 0 Å². The average molecular weight is 364 g/mol. The van der Waals surface area contributed by atoms with Crippen molar-refractivity contribution in [2.75, 3.05) is 13.2 Å². The summed E-state index contributed by atoms with van der Waals surface area (Å²) in [7, 11) is -4.00. The van der Waals surface area contributed by atoms with Crippen LogP contribution in [0.15, 0.2) is 60.7 Å². The molecule has 2 aromatic rings. The van der Waals surface area contributed by atoms with Crippen molar-refractivity contribution in [3.63, 3.8) is 0 Å². The zero-order valence-corrected chi connectivity index (χ0v) is 14.4. The summed E-state index contributed by atoms with van der Waals surface area (Å²) >= 11 is 0. The molecule has 0 N–H and O–H groups in total. The molecule has 134 valence electrons. The highest BCUT2D eigenvalue weighted by molar-refractivity contribution is 7.81. The molecule has 0 amide bonds. The number of ether oxygens (including phenoxy) is 2. The van der Waals surface area contributed by atoms with E-state index in [-0.39, 0.29) is 13.2 Å². The van der Waals surface area contributed by atoms with Gasteiger partial charge in [-0.3, -0.25) is 0 Å². The van der Waals surface area contributed by atoms with E-state index in [2.05, 4.69) is 0 Å². The second kappa shape index (κ2) is 8.55. The lowest BCUT2D eigenvalue weighted by Gasteiger charge is -2.30. The smallest absolute Gasteiger partial charge is 0.374 e. The predicted octanol–water partition coefficient (Wildman–Crippen LogP) is 2.45. The summed E-state index contributed by atoms with van der Waals surface area (Å²) in [4.78, 5) is 0. The Balaban J connectivity index is 1.56. The van der Waals surface area contributed by atoms with Crippen LogP contribution in [0.25, 0.3) is 0 Å². The molecule has 0 aromatic heterocycles. The van der Waals surface area contributed by atoms with Gasteiger partial charge in [0.15, 0.2) is 0 Å². The van der Waals surface area contributed by atoms with Crippen molar-refractivity contribution >= 4 is 10.4 Å². The Morgan fingerprint density at radius 1 is 0.920 bits per heavy atom. The molecule has 6 nitrogen and oxygen atoms in total. The molecule has 7 heteroatoms. The fourth-order valence-electron chi connectivity index (χ4n) is 2.43. The Morgan fingerprint density at radius 3 is 2.16 bits per heavy atom.